The van der Waals surface area contributed by atoms with Crippen LogP contribution in [0.2, 0.25) is 0 Å². The van der Waals surface area contributed by atoms with E-state index in [1.54, 1.807) is 48.7 Å². The van der Waals surface area contributed by atoms with E-state index in [4.69, 9.17) is 5.73 Å². The minimum Gasteiger partial charge on any atom is -0.355 e. The fraction of sp³-hybridized carbons (Fsp3) is 0.103. The Hall–Kier alpha value is -4.82. The molecule has 5 N–H and O–H groups in total. The molecule has 0 atom stereocenters. The number of amides is 1. The zero-order chi connectivity index (χ0) is 25.8. The molecule has 0 aliphatic heterocycles. The molecule has 0 unspecified atom stereocenters. The normalized spacial score (nSPS) is 10.9. The lowest BCUT2D eigenvalue weighted by Crippen LogP contribution is -2.11. The minimum atomic E-state index is -0.272. The molecule has 0 bridgehead atoms. The Morgan fingerprint density at radius 2 is 1.62 bits per heavy atom. The molecule has 8 heteroatoms. The molecule has 0 radical (unpaired) electrons. The maximum Gasteiger partial charge on any atom is 0.257 e. The number of pyridine rings is 2. The summed E-state index contributed by atoms with van der Waals surface area (Å²) in [7, 11) is 0. The topological polar surface area (TPSA) is 130 Å². The molecule has 37 heavy (non-hydrogen) atoms. The highest BCUT2D eigenvalue weighted by Crippen LogP contribution is 2.31. The average Bonchev–Trinajstić information content (AvgIpc) is 2.93. The molecule has 3 aromatic carbocycles. The highest BCUT2D eigenvalue weighted by atomic mass is 16.1. The van der Waals surface area contributed by atoms with Gasteiger partial charge in [-0.25, -0.2) is 4.98 Å². The number of nitrogens with two attached hydrogens (primary N) is 1. The van der Waals surface area contributed by atoms with Gasteiger partial charge in [0.05, 0.1) is 5.69 Å². The van der Waals surface area contributed by atoms with E-state index in [2.05, 4.69) is 20.6 Å². The number of aromatic amines is 1. The van der Waals surface area contributed by atoms with E-state index in [1.165, 1.54) is 0 Å². The van der Waals surface area contributed by atoms with Gasteiger partial charge in [0.25, 0.3) is 11.5 Å². The summed E-state index contributed by atoms with van der Waals surface area (Å²) in [6, 6.07) is 23.2. The van der Waals surface area contributed by atoms with E-state index in [9.17, 15) is 14.4 Å². The molecule has 2 heterocycles. The van der Waals surface area contributed by atoms with Crippen molar-refractivity contribution in [1.82, 2.24) is 9.97 Å². The zero-order valence-corrected chi connectivity index (χ0v) is 20.0. The summed E-state index contributed by atoms with van der Waals surface area (Å²) in [4.78, 5) is 44.9. The van der Waals surface area contributed by atoms with E-state index in [0.29, 0.717) is 58.0 Å². The number of hydrogen-bond acceptors (Lipinski definition) is 6. The van der Waals surface area contributed by atoms with Crippen molar-refractivity contribution in [2.24, 2.45) is 5.73 Å². The van der Waals surface area contributed by atoms with Crippen LogP contribution in [-0.4, -0.2) is 28.2 Å². The molecule has 5 aromatic rings. The quantitative estimate of drug-likeness (QED) is 0.179. The number of nitrogens with zero attached hydrogens (tertiary/aromatic N) is 1. The number of hydrogen-bond donors (Lipinski definition) is 4. The molecule has 2 aromatic heterocycles. The molecule has 1 amide bonds. The second kappa shape index (κ2) is 10.4. The summed E-state index contributed by atoms with van der Waals surface area (Å²) in [6.45, 7) is 0.439. The van der Waals surface area contributed by atoms with Crippen LogP contribution in [0.4, 0.5) is 17.1 Å². The summed E-state index contributed by atoms with van der Waals surface area (Å²) < 4.78 is 0. The van der Waals surface area contributed by atoms with Gasteiger partial charge >= 0.3 is 0 Å². The number of ketones is 1. The SMILES string of the molecule is NCCCC(=O)c1ccc2c(=O)[nH]c3nccc(Nc4ccc(NC(=O)c5ccccc5)cc4)c3c2c1. The number of H-pyrrole nitrogens is 1. The lowest BCUT2D eigenvalue weighted by molar-refractivity contribution is 0.0979. The van der Waals surface area contributed by atoms with Gasteiger partial charge in [-0.3, -0.25) is 14.4 Å². The standard InChI is InChI=1S/C29H25N5O3/c30-15-4-7-25(35)19-8-13-22-23(17-19)26-24(14-16-31-27(26)34-29(22)37)32-20-9-11-21(12-10-20)33-28(36)18-5-2-1-3-6-18/h1-3,5-6,8-14,16-17H,4,7,15,30H2,(H,33,36)(H2,31,32,34,37). The molecule has 5 rings (SSSR count). The number of fused-ring (bicyclic) bond motifs is 3. The maximum atomic E-state index is 12.7. The van der Waals surface area contributed by atoms with Gasteiger partial charge in [-0.1, -0.05) is 24.3 Å². The van der Waals surface area contributed by atoms with Gasteiger partial charge in [-0.15, -0.1) is 0 Å². The first-order valence-electron chi connectivity index (χ1n) is 11.9. The predicted molar refractivity (Wildman–Crippen MR) is 147 cm³/mol. The van der Waals surface area contributed by atoms with Gasteiger partial charge in [-0.2, -0.15) is 0 Å². The maximum absolute atomic E-state index is 12.7. The molecular formula is C29H25N5O3. The molecule has 0 saturated heterocycles. The number of carbonyl (C=O) groups excluding carboxylic acids is 2. The van der Waals surface area contributed by atoms with Crippen LogP contribution < -0.4 is 21.9 Å². The molecule has 0 fully saturated rings. The van der Waals surface area contributed by atoms with Gasteiger partial charge in [-0.05, 0) is 67.6 Å². The minimum absolute atomic E-state index is 0.0210. The van der Waals surface area contributed by atoms with Crippen LogP contribution in [0.5, 0.6) is 0 Å². The van der Waals surface area contributed by atoms with E-state index in [0.717, 1.165) is 11.4 Å². The molecule has 0 aliphatic rings. The number of Topliss-reactive ketones (excluding diaryl/α,β-unsaturated/α-hetero) is 1. The third kappa shape index (κ3) is 5.10. The Labute approximate surface area is 212 Å². The largest absolute Gasteiger partial charge is 0.355 e. The molecule has 0 saturated carbocycles. The van der Waals surface area contributed by atoms with E-state index < -0.39 is 0 Å². The Morgan fingerprint density at radius 3 is 2.38 bits per heavy atom. The zero-order valence-electron chi connectivity index (χ0n) is 20.0. The van der Waals surface area contributed by atoms with Crippen LogP contribution in [0.25, 0.3) is 21.8 Å². The van der Waals surface area contributed by atoms with Gasteiger partial charge in [0.1, 0.15) is 5.65 Å². The van der Waals surface area contributed by atoms with Gasteiger partial charge in [0.2, 0.25) is 0 Å². The highest BCUT2D eigenvalue weighted by Gasteiger charge is 2.14. The van der Waals surface area contributed by atoms with Gasteiger partial charge < -0.3 is 21.4 Å². The number of nitrogens with one attached hydrogen (secondary N) is 3. The first-order valence-corrected chi connectivity index (χ1v) is 11.9. The fourth-order valence-electron chi connectivity index (χ4n) is 4.22. The lowest BCUT2D eigenvalue weighted by Gasteiger charge is -2.13. The fourth-order valence-corrected chi connectivity index (χ4v) is 4.22. The summed E-state index contributed by atoms with van der Waals surface area (Å²) >= 11 is 0. The second-order valence-electron chi connectivity index (χ2n) is 8.63. The number of anilines is 3. The summed E-state index contributed by atoms with van der Waals surface area (Å²) in [5, 5.41) is 8.07. The van der Waals surface area contributed by atoms with Crippen molar-refractivity contribution in [3.63, 3.8) is 0 Å². The summed E-state index contributed by atoms with van der Waals surface area (Å²) in [5.74, 6) is -0.207. The predicted octanol–water partition coefficient (Wildman–Crippen LogP) is 4.99. The van der Waals surface area contributed by atoms with Crippen LogP contribution in [0, 0.1) is 0 Å². The molecule has 8 nitrogen and oxygen atoms in total. The third-order valence-corrected chi connectivity index (χ3v) is 6.10. The van der Waals surface area contributed by atoms with Crippen LogP contribution >= 0.6 is 0 Å². The molecule has 0 aliphatic carbocycles. The van der Waals surface area contributed by atoms with Crippen molar-refractivity contribution < 1.29 is 9.59 Å². The highest BCUT2D eigenvalue weighted by molar-refractivity contribution is 6.13. The van der Waals surface area contributed by atoms with Crippen LogP contribution in [0.15, 0.2) is 89.9 Å². The molecule has 0 spiro atoms. The first kappa shape index (κ1) is 23.9. The van der Waals surface area contributed by atoms with E-state index in [1.807, 2.05) is 36.4 Å². The Balaban J connectivity index is 1.47. The van der Waals surface area contributed by atoms with E-state index >= 15 is 0 Å². The summed E-state index contributed by atoms with van der Waals surface area (Å²) in [6.07, 6.45) is 2.56. The lowest BCUT2D eigenvalue weighted by atomic mass is 10.00. The number of carbonyl (C=O) groups is 2. The van der Waals surface area contributed by atoms with Crippen molar-refractivity contribution in [3.05, 3.63) is 107 Å². The van der Waals surface area contributed by atoms with Crippen LogP contribution in [-0.2, 0) is 0 Å². The van der Waals surface area contributed by atoms with Crippen molar-refractivity contribution >= 4 is 50.6 Å². The van der Waals surface area contributed by atoms with E-state index in [-0.39, 0.29) is 17.2 Å². The Kier molecular flexibility index (Phi) is 6.74. The van der Waals surface area contributed by atoms with Crippen molar-refractivity contribution in [2.75, 3.05) is 17.2 Å². The van der Waals surface area contributed by atoms with Crippen molar-refractivity contribution in [3.8, 4) is 0 Å². The van der Waals surface area contributed by atoms with Gasteiger partial charge in [0, 0.05) is 51.3 Å². The van der Waals surface area contributed by atoms with Crippen LogP contribution in [0.3, 0.4) is 0 Å². The smallest absolute Gasteiger partial charge is 0.257 e. The van der Waals surface area contributed by atoms with Crippen molar-refractivity contribution in [1.29, 1.82) is 0 Å². The number of benzene rings is 3. The third-order valence-electron chi connectivity index (χ3n) is 6.10. The number of rotatable bonds is 8. The Bertz CT molecular complexity index is 1660. The number of aromatic nitrogens is 2. The monoisotopic (exact) mass is 491 g/mol. The van der Waals surface area contributed by atoms with Crippen LogP contribution in [0.1, 0.15) is 33.6 Å². The molecular weight excluding hydrogens is 466 g/mol. The first-order chi connectivity index (χ1) is 18.0. The summed E-state index contributed by atoms with van der Waals surface area (Å²) in [5.41, 5.74) is 8.97. The molecule has 184 valence electrons. The second-order valence-corrected chi connectivity index (χ2v) is 8.63. The average molecular weight is 492 g/mol. The van der Waals surface area contributed by atoms with Crippen molar-refractivity contribution in [2.45, 2.75) is 12.8 Å². The van der Waals surface area contributed by atoms with Gasteiger partial charge in [0.15, 0.2) is 5.78 Å². The Morgan fingerprint density at radius 1 is 0.865 bits per heavy atom.